The predicted octanol–water partition coefficient (Wildman–Crippen LogP) is 3.02. The largest absolute Gasteiger partial charge is 0.368 e. The second kappa shape index (κ2) is 7.72. The number of aryl methyl sites for hydroxylation is 1. The Morgan fingerprint density at radius 3 is 2.45 bits per heavy atom. The van der Waals surface area contributed by atoms with Crippen LogP contribution in [0, 0.1) is 24.1 Å². The Kier molecular flexibility index (Phi) is 4.96. The van der Waals surface area contributed by atoms with E-state index in [4.69, 9.17) is 9.78 Å². The average molecular weight is 391 g/mol. The maximum Gasteiger partial charge on any atom is 0.256 e. The molecule has 0 radical (unpaired) electrons. The van der Waals surface area contributed by atoms with Gasteiger partial charge in [0.2, 0.25) is 11.7 Å². The molecular weight excluding hydrogens is 373 g/mol. The van der Waals surface area contributed by atoms with Gasteiger partial charge in [0.05, 0.1) is 17.2 Å². The smallest absolute Gasteiger partial charge is 0.256 e. The molecule has 1 fully saturated rings. The summed E-state index contributed by atoms with van der Waals surface area (Å²) in [7, 11) is 0. The normalized spacial score (nSPS) is 14.0. The molecule has 1 saturated heterocycles. The number of hydrogen-bond acceptors (Lipinski definition) is 6. The molecule has 0 bridgehead atoms. The first-order valence-corrected chi connectivity index (χ1v) is 9.20. The van der Waals surface area contributed by atoms with Gasteiger partial charge in [0.1, 0.15) is 5.82 Å². The molecule has 29 heavy (non-hydrogen) atoms. The lowest BCUT2D eigenvalue weighted by molar-refractivity contribution is 0.0742. The number of nitriles is 1. The lowest BCUT2D eigenvalue weighted by Crippen LogP contribution is -2.49. The topological polar surface area (TPSA) is 86.3 Å². The summed E-state index contributed by atoms with van der Waals surface area (Å²) in [6, 6.07) is 13.6. The fourth-order valence-electron chi connectivity index (χ4n) is 3.33. The zero-order valence-electron chi connectivity index (χ0n) is 15.8. The van der Waals surface area contributed by atoms with Gasteiger partial charge in [-0.05, 0) is 42.5 Å². The molecule has 0 aliphatic carbocycles. The highest BCUT2D eigenvalue weighted by atomic mass is 19.1. The van der Waals surface area contributed by atoms with E-state index >= 15 is 0 Å². The molecule has 4 rings (SSSR count). The summed E-state index contributed by atoms with van der Waals surface area (Å²) >= 11 is 0. The van der Waals surface area contributed by atoms with Gasteiger partial charge in [0.15, 0.2) is 0 Å². The molecule has 146 valence electrons. The van der Waals surface area contributed by atoms with E-state index in [0.717, 1.165) is 17.3 Å². The van der Waals surface area contributed by atoms with Crippen molar-refractivity contribution in [2.75, 3.05) is 31.1 Å². The first-order chi connectivity index (χ1) is 14.0. The van der Waals surface area contributed by atoms with Crippen molar-refractivity contribution in [2.24, 2.45) is 0 Å². The number of carbonyl (C=O) groups is 1. The van der Waals surface area contributed by atoms with Crippen LogP contribution in [0.2, 0.25) is 0 Å². The summed E-state index contributed by atoms with van der Waals surface area (Å²) in [6.45, 7) is 4.01. The molecule has 0 atom stereocenters. The van der Waals surface area contributed by atoms with E-state index in [9.17, 15) is 9.18 Å². The highest BCUT2D eigenvalue weighted by Crippen LogP contribution is 2.23. The Hall–Kier alpha value is -3.73. The fourth-order valence-corrected chi connectivity index (χ4v) is 3.33. The number of hydrogen-bond donors (Lipinski definition) is 0. The summed E-state index contributed by atoms with van der Waals surface area (Å²) in [6.07, 6.45) is 0. The molecule has 0 spiro atoms. The van der Waals surface area contributed by atoms with Crippen LogP contribution >= 0.6 is 0 Å². The van der Waals surface area contributed by atoms with Crippen LogP contribution < -0.4 is 4.90 Å². The Labute approximate surface area is 167 Å². The van der Waals surface area contributed by atoms with Gasteiger partial charge >= 0.3 is 0 Å². The van der Waals surface area contributed by atoms with Crippen molar-refractivity contribution >= 4 is 11.6 Å². The standard InChI is InChI=1S/C21H18FN5O2/c1-14-24-20(25-29-14)16-3-5-17(6-4-16)26-8-10-27(11-9-26)21(28)18-7-2-15(13-23)12-19(18)22/h2-7,12H,8-11H2,1H3. The molecule has 8 heteroatoms. The maximum absolute atomic E-state index is 14.1. The fraction of sp³-hybridized carbons (Fsp3) is 0.238. The van der Waals surface area contributed by atoms with Crippen LogP contribution in [0.5, 0.6) is 0 Å². The molecule has 1 aliphatic rings. The quantitative estimate of drug-likeness (QED) is 0.682. The summed E-state index contributed by atoms with van der Waals surface area (Å²) in [5.74, 6) is 0.0516. The van der Waals surface area contributed by atoms with Crippen LogP contribution in [0.15, 0.2) is 47.0 Å². The number of nitrogens with zero attached hydrogens (tertiary/aromatic N) is 5. The molecule has 3 aromatic rings. The number of carbonyl (C=O) groups excluding carboxylic acids is 1. The van der Waals surface area contributed by atoms with Crippen molar-refractivity contribution in [3.8, 4) is 17.5 Å². The van der Waals surface area contributed by atoms with Gasteiger partial charge in [-0.2, -0.15) is 10.2 Å². The second-order valence-electron chi connectivity index (χ2n) is 6.77. The Morgan fingerprint density at radius 1 is 1.14 bits per heavy atom. The number of piperazine rings is 1. The van der Waals surface area contributed by atoms with Crippen LogP contribution in [0.4, 0.5) is 10.1 Å². The molecular formula is C21H18FN5O2. The monoisotopic (exact) mass is 391 g/mol. The van der Waals surface area contributed by atoms with E-state index in [1.54, 1.807) is 11.8 Å². The average Bonchev–Trinajstić information content (AvgIpc) is 3.20. The third-order valence-electron chi connectivity index (χ3n) is 4.91. The number of amides is 1. The molecule has 2 aromatic carbocycles. The lowest BCUT2D eigenvalue weighted by atomic mass is 10.1. The van der Waals surface area contributed by atoms with Crippen molar-refractivity contribution < 1.29 is 13.7 Å². The molecule has 2 heterocycles. The summed E-state index contributed by atoms with van der Waals surface area (Å²) in [5, 5.41) is 12.7. The van der Waals surface area contributed by atoms with Gasteiger partial charge in [0.25, 0.3) is 5.91 Å². The van der Waals surface area contributed by atoms with Crippen molar-refractivity contribution in [1.82, 2.24) is 15.0 Å². The van der Waals surface area contributed by atoms with E-state index < -0.39 is 5.82 Å². The van der Waals surface area contributed by atoms with Gasteiger partial charge in [-0.1, -0.05) is 5.16 Å². The van der Waals surface area contributed by atoms with Crippen molar-refractivity contribution in [3.63, 3.8) is 0 Å². The van der Waals surface area contributed by atoms with E-state index in [2.05, 4.69) is 15.0 Å². The summed E-state index contributed by atoms with van der Waals surface area (Å²) in [5.41, 5.74) is 2.10. The third-order valence-corrected chi connectivity index (χ3v) is 4.91. The Bertz CT molecular complexity index is 1080. The maximum atomic E-state index is 14.1. The molecule has 7 nitrogen and oxygen atoms in total. The molecule has 0 saturated carbocycles. The Morgan fingerprint density at radius 2 is 1.86 bits per heavy atom. The van der Waals surface area contributed by atoms with Crippen LogP contribution in [-0.2, 0) is 0 Å². The number of aromatic nitrogens is 2. The second-order valence-corrected chi connectivity index (χ2v) is 6.77. The van der Waals surface area contributed by atoms with Gasteiger partial charge in [-0.15, -0.1) is 0 Å². The van der Waals surface area contributed by atoms with Gasteiger partial charge in [-0.25, -0.2) is 4.39 Å². The first-order valence-electron chi connectivity index (χ1n) is 9.20. The highest BCUT2D eigenvalue weighted by molar-refractivity contribution is 5.94. The summed E-state index contributed by atoms with van der Waals surface area (Å²) < 4.78 is 19.1. The van der Waals surface area contributed by atoms with E-state index in [1.807, 2.05) is 30.3 Å². The summed E-state index contributed by atoms with van der Waals surface area (Å²) in [4.78, 5) is 20.7. The third kappa shape index (κ3) is 3.80. The van der Waals surface area contributed by atoms with E-state index in [1.165, 1.54) is 12.1 Å². The van der Waals surface area contributed by atoms with Crippen molar-refractivity contribution in [1.29, 1.82) is 5.26 Å². The van der Waals surface area contributed by atoms with Gasteiger partial charge in [-0.3, -0.25) is 4.79 Å². The molecule has 1 aliphatic heterocycles. The lowest BCUT2D eigenvalue weighted by Gasteiger charge is -2.36. The van der Waals surface area contributed by atoms with Crippen molar-refractivity contribution in [2.45, 2.75) is 6.92 Å². The van der Waals surface area contributed by atoms with Crippen LogP contribution in [0.3, 0.4) is 0 Å². The Balaban J connectivity index is 1.40. The molecule has 1 aromatic heterocycles. The van der Waals surface area contributed by atoms with Crippen molar-refractivity contribution in [3.05, 3.63) is 65.3 Å². The van der Waals surface area contributed by atoms with Crippen LogP contribution in [0.25, 0.3) is 11.4 Å². The SMILES string of the molecule is Cc1nc(-c2ccc(N3CCN(C(=O)c4ccc(C#N)cc4F)CC3)cc2)no1. The predicted molar refractivity (Wildman–Crippen MR) is 104 cm³/mol. The number of rotatable bonds is 3. The van der Waals surface area contributed by atoms with E-state index in [0.29, 0.717) is 37.9 Å². The molecule has 0 unspecified atom stereocenters. The minimum Gasteiger partial charge on any atom is -0.368 e. The number of halogens is 1. The van der Waals surface area contributed by atoms with Gasteiger partial charge < -0.3 is 14.3 Å². The minimum absolute atomic E-state index is 0.00258. The number of benzene rings is 2. The van der Waals surface area contributed by atoms with E-state index in [-0.39, 0.29) is 17.0 Å². The minimum atomic E-state index is -0.663. The number of anilines is 1. The molecule has 0 N–H and O–H groups in total. The van der Waals surface area contributed by atoms with Crippen LogP contribution in [0.1, 0.15) is 21.8 Å². The molecule has 1 amide bonds. The first kappa shape index (κ1) is 18.6. The highest BCUT2D eigenvalue weighted by Gasteiger charge is 2.24. The van der Waals surface area contributed by atoms with Gasteiger partial charge in [0, 0.05) is 44.4 Å². The zero-order chi connectivity index (χ0) is 20.4. The van der Waals surface area contributed by atoms with Crippen LogP contribution in [-0.4, -0.2) is 47.1 Å². The zero-order valence-corrected chi connectivity index (χ0v) is 15.8.